The number of nitrogens with zero attached hydrogens (tertiary/aromatic N) is 2. The number of amides is 6. The lowest BCUT2D eigenvalue weighted by molar-refractivity contribution is 0.0765. The van der Waals surface area contributed by atoms with E-state index in [-0.39, 0.29) is 42.4 Å². The van der Waals surface area contributed by atoms with Crippen molar-refractivity contribution in [2.45, 2.75) is 37.8 Å². The number of hydrogen-bond donors (Lipinski definition) is 5. The Balaban J connectivity index is 2.35. The van der Waals surface area contributed by atoms with Crippen molar-refractivity contribution >= 4 is 177 Å². The number of ether oxygens (including phenoxy) is 1. The predicted octanol–water partition coefficient (Wildman–Crippen LogP) is 9.70. The summed E-state index contributed by atoms with van der Waals surface area (Å²) in [5.41, 5.74) is 0.673. The number of benzene rings is 2. The Bertz CT molecular complexity index is 2000. The van der Waals surface area contributed by atoms with Crippen LogP contribution in [-0.4, -0.2) is 95.7 Å². The summed E-state index contributed by atoms with van der Waals surface area (Å²) in [6.45, 7) is 24.9. The number of aliphatic hydroxyl groups is 1. The molecule has 5 N–H and O–H groups in total. The number of carbonyl (C=O) groups excluding carboxylic acids is 5. The summed E-state index contributed by atoms with van der Waals surface area (Å²) in [5, 5.41) is 21.9. The zero-order valence-electron chi connectivity index (χ0n) is 32.8. The number of halogens is 6. The van der Waals surface area contributed by atoms with E-state index in [0.29, 0.717) is 65.0 Å². The van der Waals surface area contributed by atoms with Gasteiger partial charge in [-0.05, 0) is 161 Å². The van der Waals surface area contributed by atoms with Crippen LogP contribution in [0.1, 0.15) is 57.3 Å². The molecule has 0 saturated carbocycles. The first-order valence-electron chi connectivity index (χ1n) is 18.0. The molecule has 13 nitrogen and oxygen atoms in total. The molecule has 0 fully saturated rings. The van der Waals surface area contributed by atoms with Gasteiger partial charge in [0.1, 0.15) is 12.7 Å². The van der Waals surface area contributed by atoms with Crippen molar-refractivity contribution < 1.29 is 33.8 Å². The van der Waals surface area contributed by atoms with E-state index >= 15 is 0 Å². The van der Waals surface area contributed by atoms with Crippen LogP contribution in [0.5, 0.6) is 0 Å². The fourth-order valence-electron chi connectivity index (χ4n) is 5.64. The Labute approximate surface area is 433 Å². The van der Waals surface area contributed by atoms with Crippen molar-refractivity contribution in [2.75, 3.05) is 50.0 Å². The number of urea groups is 1. The first-order chi connectivity index (χ1) is 28.4. The molecule has 6 amide bonds. The average molecular weight is 1500 g/mol. The van der Waals surface area contributed by atoms with Crippen LogP contribution in [0.3, 0.4) is 0 Å². The summed E-state index contributed by atoms with van der Waals surface area (Å²) in [4.78, 5) is 71.2. The molecule has 0 aliphatic carbocycles. The highest BCUT2D eigenvalue weighted by Crippen LogP contribution is 2.37. The minimum absolute atomic E-state index is 0.192. The van der Waals surface area contributed by atoms with Crippen molar-refractivity contribution in [2.24, 2.45) is 0 Å². The van der Waals surface area contributed by atoms with Crippen LogP contribution in [-0.2, 0) is 4.74 Å². The number of rotatable bonds is 23. The molecular formula is C41H46I6N6O7. The third kappa shape index (κ3) is 14.6. The molecule has 0 spiro atoms. The minimum Gasteiger partial charge on any atom is -0.446 e. The highest BCUT2D eigenvalue weighted by Gasteiger charge is 2.34. The first kappa shape index (κ1) is 54.3. The van der Waals surface area contributed by atoms with Gasteiger partial charge in [-0.2, -0.15) is 0 Å². The SMILES string of the molecule is C=CCN(CC=C)C(=O)c1c(I)cc(I)c(NC(=O)OCC(O)CNC(=O)Nc2c(I)c(C(=O)NC(CC)(CC=C)CC=C)c(I)c(C(=O)N(CC=C)CC=C)c2I)c1I. The summed E-state index contributed by atoms with van der Waals surface area (Å²) in [5.74, 6) is -1.11. The zero-order chi connectivity index (χ0) is 45.3. The van der Waals surface area contributed by atoms with Crippen molar-refractivity contribution in [1.29, 1.82) is 0 Å². The molecule has 0 aliphatic rings. The van der Waals surface area contributed by atoms with E-state index < -0.39 is 42.2 Å². The topological polar surface area (TPSA) is 169 Å². The predicted molar refractivity (Wildman–Crippen MR) is 290 cm³/mol. The summed E-state index contributed by atoms with van der Waals surface area (Å²) in [7, 11) is 0. The number of carbonyl (C=O) groups is 5. The number of aliphatic hydroxyl groups excluding tert-OH is 1. The van der Waals surface area contributed by atoms with Gasteiger partial charge in [-0.1, -0.05) is 43.4 Å². The second kappa shape index (κ2) is 26.7. The Morgan fingerprint density at radius 3 is 1.67 bits per heavy atom. The van der Waals surface area contributed by atoms with E-state index in [9.17, 15) is 29.1 Å². The summed E-state index contributed by atoms with van der Waals surface area (Å²) in [6, 6.07) is 1.01. The van der Waals surface area contributed by atoms with E-state index in [1.165, 1.54) is 4.90 Å². The van der Waals surface area contributed by atoms with Gasteiger partial charge in [0.25, 0.3) is 17.7 Å². The van der Waals surface area contributed by atoms with Crippen molar-refractivity contribution in [3.05, 3.63) is 120 Å². The van der Waals surface area contributed by atoms with Gasteiger partial charge >= 0.3 is 12.1 Å². The standard InChI is InChI=1S/C41H46I6N6O7/c1-8-15-41(14-7,16-9-2)51-36(55)28-30(44)29(38(57)53(19-12-5)20-13-6)33(47)35(32(28)46)49-39(58)48-22-24(54)23-60-40(59)50-34-26(43)21-25(42)27(31(34)45)37(56)52(17-10-3)18-11-4/h8-13,21,24,54H,1-6,14-20,22-23H2,7H3,(H,50,59)(H,51,55)(H2,48,49,58). The molecule has 0 radical (unpaired) electrons. The molecule has 2 aromatic carbocycles. The minimum atomic E-state index is -1.32. The Hall–Kier alpha value is -1.83. The molecular weight excluding hydrogens is 1450 g/mol. The van der Waals surface area contributed by atoms with E-state index in [1.807, 2.05) is 120 Å². The maximum absolute atomic E-state index is 14.2. The van der Waals surface area contributed by atoms with Gasteiger partial charge in [0, 0.05) is 49.0 Å². The Morgan fingerprint density at radius 2 is 1.18 bits per heavy atom. The van der Waals surface area contributed by atoms with Crippen LogP contribution in [0, 0.1) is 21.4 Å². The molecule has 0 saturated heterocycles. The van der Waals surface area contributed by atoms with Crippen LogP contribution in [0.4, 0.5) is 21.0 Å². The molecule has 0 heterocycles. The summed E-state index contributed by atoms with van der Waals surface area (Å²) in [6.07, 6.45) is 9.16. The number of anilines is 2. The number of hydrogen-bond acceptors (Lipinski definition) is 7. The molecule has 60 heavy (non-hydrogen) atoms. The third-order valence-electron chi connectivity index (χ3n) is 8.61. The van der Waals surface area contributed by atoms with Gasteiger partial charge in [-0.15, -0.1) is 39.5 Å². The van der Waals surface area contributed by atoms with Crippen LogP contribution < -0.4 is 21.3 Å². The van der Waals surface area contributed by atoms with Crippen molar-refractivity contribution in [3.63, 3.8) is 0 Å². The molecule has 2 rings (SSSR count). The fourth-order valence-corrected chi connectivity index (χ4v) is 14.1. The van der Waals surface area contributed by atoms with Crippen LogP contribution >= 0.6 is 136 Å². The lowest BCUT2D eigenvalue weighted by atomic mass is 9.87. The average Bonchev–Trinajstić information content (AvgIpc) is 3.19. The molecule has 0 aliphatic heterocycles. The smallest absolute Gasteiger partial charge is 0.411 e. The van der Waals surface area contributed by atoms with Gasteiger partial charge in [-0.3, -0.25) is 19.7 Å². The second-order valence-electron chi connectivity index (χ2n) is 12.8. The maximum Gasteiger partial charge on any atom is 0.411 e. The van der Waals surface area contributed by atoms with Gasteiger partial charge in [0.15, 0.2) is 0 Å². The monoisotopic (exact) mass is 1500 g/mol. The highest BCUT2D eigenvalue weighted by molar-refractivity contribution is 14.1. The van der Waals surface area contributed by atoms with E-state index in [2.05, 4.69) is 83.3 Å². The first-order valence-corrected chi connectivity index (χ1v) is 24.5. The number of nitrogens with one attached hydrogen (secondary N) is 4. The van der Waals surface area contributed by atoms with Gasteiger partial charge < -0.3 is 35.6 Å². The third-order valence-corrected chi connectivity index (χ3v) is 14.6. The molecule has 2 aromatic rings. The van der Waals surface area contributed by atoms with Gasteiger partial charge in [0.05, 0.1) is 38.8 Å². The summed E-state index contributed by atoms with van der Waals surface area (Å²) < 4.78 is 8.29. The molecule has 0 bridgehead atoms. The van der Waals surface area contributed by atoms with E-state index in [0.717, 1.165) is 0 Å². The van der Waals surface area contributed by atoms with Crippen molar-refractivity contribution in [3.8, 4) is 0 Å². The molecule has 0 aromatic heterocycles. The van der Waals surface area contributed by atoms with E-state index in [4.69, 9.17) is 4.74 Å². The Morgan fingerprint density at radius 1 is 0.700 bits per heavy atom. The lowest BCUT2D eigenvalue weighted by Gasteiger charge is -2.33. The second-order valence-corrected chi connectivity index (χ2v) is 19.5. The molecule has 19 heteroatoms. The molecule has 1 atom stereocenters. The van der Waals surface area contributed by atoms with Crippen LogP contribution in [0.15, 0.2) is 82.0 Å². The summed E-state index contributed by atoms with van der Waals surface area (Å²) >= 11 is 12.1. The van der Waals surface area contributed by atoms with Gasteiger partial charge in [-0.25, -0.2) is 9.59 Å². The zero-order valence-corrected chi connectivity index (χ0v) is 45.7. The van der Waals surface area contributed by atoms with Crippen LogP contribution in [0.2, 0.25) is 0 Å². The van der Waals surface area contributed by atoms with E-state index in [1.54, 1.807) is 47.4 Å². The highest BCUT2D eigenvalue weighted by atomic mass is 127. The van der Waals surface area contributed by atoms with Crippen molar-refractivity contribution in [1.82, 2.24) is 20.4 Å². The van der Waals surface area contributed by atoms with Gasteiger partial charge in [0.2, 0.25) is 0 Å². The molecule has 1 unspecified atom stereocenters. The lowest BCUT2D eigenvalue weighted by Crippen LogP contribution is -2.48. The largest absolute Gasteiger partial charge is 0.446 e. The Kier molecular flexibility index (Phi) is 24.2. The van der Waals surface area contributed by atoms with Crippen LogP contribution in [0.25, 0.3) is 0 Å². The maximum atomic E-state index is 14.2. The normalized spacial score (nSPS) is 11.3. The fraction of sp³-hybridized carbons (Fsp3) is 0.293. The molecule has 324 valence electrons. The quantitative estimate of drug-likeness (QED) is 0.0545.